The largest absolute Gasteiger partial charge is 0.483 e. The number of piperidine rings is 1. The standard InChI is InChI=1S/C28H29F2N3O2/c1-28(2)14-16-32(17-15-28)33-25-22(27(34)31(33)3)21(20-12-8-5-9-13-20)23(29)26(24(25)30)35-18-19-10-6-4-7-11-19/h4-13H,14-18H2,1-3H3. The molecular weight excluding hydrogens is 448 g/mol. The quantitative estimate of drug-likeness (QED) is 0.374. The molecule has 0 unspecified atom stereocenters. The van der Waals surface area contributed by atoms with Gasteiger partial charge in [0.15, 0.2) is 17.4 Å². The molecule has 0 N–H and O–H groups in total. The lowest BCUT2D eigenvalue weighted by molar-refractivity contribution is 0.245. The summed E-state index contributed by atoms with van der Waals surface area (Å²) < 4.78 is 39.2. The van der Waals surface area contributed by atoms with Gasteiger partial charge in [0.1, 0.15) is 12.1 Å². The second kappa shape index (κ2) is 8.87. The van der Waals surface area contributed by atoms with Gasteiger partial charge in [0.2, 0.25) is 0 Å². The Balaban J connectivity index is 1.74. The van der Waals surface area contributed by atoms with Crippen LogP contribution < -0.4 is 15.3 Å². The number of benzene rings is 3. The van der Waals surface area contributed by atoms with E-state index in [1.165, 1.54) is 4.68 Å². The van der Waals surface area contributed by atoms with Crippen LogP contribution in [0.5, 0.6) is 5.75 Å². The Kier molecular flexibility index (Phi) is 5.87. The van der Waals surface area contributed by atoms with E-state index in [0.717, 1.165) is 18.4 Å². The van der Waals surface area contributed by atoms with Crippen LogP contribution in [0.1, 0.15) is 32.3 Å². The SMILES string of the molecule is Cn1c(=O)c2c(-c3ccccc3)c(F)c(OCc3ccccc3)c(F)c2n1N1CCC(C)(C)CC1. The Morgan fingerprint density at radius 1 is 0.914 bits per heavy atom. The van der Waals surface area contributed by atoms with Gasteiger partial charge in [0, 0.05) is 25.7 Å². The predicted molar refractivity (Wildman–Crippen MR) is 134 cm³/mol. The van der Waals surface area contributed by atoms with Gasteiger partial charge in [0.05, 0.1) is 5.39 Å². The van der Waals surface area contributed by atoms with Crippen LogP contribution in [0.25, 0.3) is 22.0 Å². The minimum absolute atomic E-state index is 0.00336. The molecule has 0 amide bonds. The van der Waals surface area contributed by atoms with Gasteiger partial charge < -0.3 is 4.74 Å². The summed E-state index contributed by atoms with van der Waals surface area (Å²) in [5, 5.41) is 1.98. The summed E-state index contributed by atoms with van der Waals surface area (Å²) in [4.78, 5) is 15.0. The average molecular weight is 478 g/mol. The van der Waals surface area contributed by atoms with Crippen molar-refractivity contribution in [2.75, 3.05) is 18.1 Å². The number of rotatable bonds is 5. The maximum Gasteiger partial charge on any atom is 0.276 e. The number of fused-ring (bicyclic) bond motifs is 1. The zero-order valence-corrected chi connectivity index (χ0v) is 20.2. The van der Waals surface area contributed by atoms with Gasteiger partial charge in [-0.15, -0.1) is 0 Å². The second-order valence-corrected chi connectivity index (χ2v) is 9.93. The monoisotopic (exact) mass is 477 g/mol. The molecule has 7 heteroatoms. The van der Waals surface area contributed by atoms with Crippen LogP contribution in [0.3, 0.4) is 0 Å². The molecule has 1 saturated heterocycles. The van der Waals surface area contributed by atoms with E-state index in [1.54, 1.807) is 36.1 Å². The maximum absolute atomic E-state index is 16.1. The molecule has 3 aromatic carbocycles. The summed E-state index contributed by atoms with van der Waals surface area (Å²) >= 11 is 0. The molecule has 1 aliphatic heterocycles. The predicted octanol–water partition coefficient (Wildman–Crippen LogP) is 5.62. The normalized spacial score (nSPS) is 15.5. The minimum Gasteiger partial charge on any atom is -0.483 e. The summed E-state index contributed by atoms with van der Waals surface area (Å²) in [5.41, 5.74) is 1.10. The second-order valence-electron chi connectivity index (χ2n) is 9.93. The van der Waals surface area contributed by atoms with Crippen molar-refractivity contribution in [2.45, 2.75) is 33.3 Å². The van der Waals surface area contributed by atoms with Crippen molar-refractivity contribution in [3.8, 4) is 16.9 Å². The molecule has 4 aromatic rings. The molecule has 0 saturated carbocycles. The van der Waals surface area contributed by atoms with Crippen LogP contribution in [-0.2, 0) is 13.7 Å². The molecule has 182 valence electrons. The molecule has 1 aliphatic rings. The summed E-state index contributed by atoms with van der Waals surface area (Å²) in [6, 6.07) is 18.0. The van der Waals surface area contributed by atoms with Gasteiger partial charge in [-0.3, -0.25) is 9.80 Å². The topological polar surface area (TPSA) is 39.4 Å². The van der Waals surface area contributed by atoms with E-state index in [-0.39, 0.29) is 28.5 Å². The van der Waals surface area contributed by atoms with Crippen LogP contribution in [0.2, 0.25) is 0 Å². The molecule has 1 fully saturated rings. The van der Waals surface area contributed by atoms with Crippen LogP contribution in [-0.4, -0.2) is 22.6 Å². The first-order valence-electron chi connectivity index (χ1n) is 11.9. The first kappa shape index (κ1) is 23.1. The number of hydrogen-bond donors (Lipinski definition) is 0. The molecule has 0 aliphatic carbocycles. The highest BCUT2D eigenvalue weighted by Crippen LogP contribution is 2.39. The molecule has 5 rings (SSSR count). The molecule has 35 heavy (non-hydrogen) atoms. The van der Waals surface area contributed by atoms with E-state index in [2.05, 4.69) is 13.8 Å². The lowest BCUT2D eigenvalue weighted by Gasteiger charge is -2.39. The molecule has 5 nitrogen and oxygen atoms in total. The third kappa shape index (κ3) is 4.09. The number of nitrogens with zero attached hydrogens (tertiary/aromatic N) is 3. The van der Waals surface area contributed by atoms with Crippen molar-refractivity contribution in [1.29, 1.82) is 0 Å². The van der Waals surface area contributed by atoms with Gasteiger partial charge >= 0.3 is 0 Å². The Morgan fingerprint density at radius 2 is 1.51 bits per heavy atom. The number of ether oxygens (including phenoxy) is 1. The molecule has 2 heterocycles. The third-order valence-corrected chi connectivity index (χ3v) is 6.95. The smallest absolute Gasteiger partial charge is 0.276 e. The number of hydrogen-bond acceptors (Lipinski definition) is 3. The lowest BCUT2D eigenvalue weighted by Crippen LogP contribution is -2.47. The zero-order valence-electron chi connectivity index (χ0n) is 20.2. The number of aromatic nitrogens is 2. The molecule has 0 bridgehead atoms. The highest BCUT2D eigenvalue weighted by molar-refractivity contribution is 5.97. The van der Waals surface area contributed by atoms with Crippen LogP contribution in [0.4, 0.5) is 8.78 Å². The minimum atomic E-state index is -0.869. The van der Waals surface area contributed by atoms with Crippen LogP contribution >= 0.6 is 0 Å². The highest BCUT2D eigenvalue weighted by Gasteiger charge is 2.33. The van der Waals surface area contributed by atoms with E-state index >= 15 is 8.78 Å². The fourth-order valence-corrected chi connectivity index (χ4v) is 4.80. The summed E-state index contributed by atoms with van der Waals surface area (Å²) in [6.45, 7) is 5.72. The van der Waals surface area contributed by atoms with Crippen molar-refractivity contribution in [3.63, 3.8) is 0 Å². The van der Waals surface area contributed by atoms with E-state index in [4.69, 9.17) is 4.74 Å². The summed E-state index contributed by atoms with van der Waals surface area (Å²) in [7, 11) is 1.60. The number of halogens is 2. The van der Waals surface area contributed by atoms with Gasteiger partial charge in [-0.25, -0.2) is 13.5 Å². The van der Waals surface area contributed by atoms with Crippen molar-refractivity contribution in [2.24, 2.45) is 12.5 Å². The van der Waals surface area contributed by atoms with E-state index in [9.17, 15) is 4.79 Å². The average Bonchev–Trinajstić information content (AvgIpc) is 3.11. The fourth-order valence-electron chi connectivity index (χ4n) is 4.80. The summed E-state index contributed by atoms with van der Waals surface area (Å²) in [6.07, 6.45) is 1.79. The fraction of sp³-hybridized carbons (Fsp3) is 0.321. The van der Waals surface area contributed by atoms with Gasteiger partial charge in [-0.2, -0.15) is 4.79 Å². The van der Waals surface area contributed by atoms with Crippen LogP contribution in [0, 0.1) is 17.0 Å². The highest BCUT2D eigenvalue weighted by atomic mass is 19.1. The molecule has 0 atom stereocenters. The molecule has 0 radical (unpaired) electrons. The van der Waals surface area contributed by atoms with E-state index in [0.29, 0.717) is 18.7 Å². The Morgan fingerprint density at radius 3 is 2.14 bits per heavy atom. The van der Waals surface area contributed by atoms with Crippen molar-refractivity contribution < 1.29 is 13.5 Å². The Bertz CT molecular complexity index is 1420. The molecular formula is C28H29F2N3O2. The van der Waals surface area contributed by atoms with Crippen molar-refractivity contribution in [3.05, 3.63) is 88.2 Å². The van der Waals surface area contributed by atoms with Gasteiger partial charge in [-0.05, 0) is 29.4 Å². The first-order valence-corrected chi connectivity index (χ1v) is 11.9. The van der Waals surface area contributed by atoms with Crippen LogP contribution in [0.15, 0.2) is 65.5 Å². The molecule has 0 spiro atoms. The summed E-state index contributed by atoms with van der Waals surface area (Å²) in [5.74, 6) is -2.21. The lowest BCUT2D eigenvalue weighted by atomic mass is 9.83. The van der Waals surface area contributed by atoms with Crippen molar-refractivity contribution >= 4 is 10.9 Å². The first-order chi connectivity index (χ1) is 16.8. The van der Waals surface area contributed by atoms with Gasteiger partial charge in [0.25, 0.3) is 5.56 Å². The Labute approximate surface area is 203 Å². The van der Waals surface area contributed by atoms with E-state index < -0.39 is 22.9 Å². The zero-order chi connectivity index (χ0) is 24.7. The molecule has 1 aromatic heterocycles. The maximum atomic E-state index is 16.1. The Hall–Kier alpha value is -3.61. The third-order valence-electron chi connectivity index (χ3n) is 6.95. The van der Waals surface area contributed by atoms with Crippen molar-refractivity contribution in [1.82, 2.24) is 9.47 Å². The van der Waals surface area contributed by atoms with E-state index in [1.807, 2.05) is 41.4 Å². The van der Waals surface area contributed by atoms with Gasteiger partial charge in [-0.1, -0.05) is 74.5 Å².